The van der Waals surface area contributed by atoms with Crippen LogP contribution in [0.2, 0.25) is 0 Å². The first-order valence-corrected chi connectivity index (χ1v) is 8.08. The fourth-order valence-corrected chi connectivity index (χ4v) is 3.83. The molecule has 3 nitrogen and oxygen atoms in total. The van der Waals surface area contributed by atoms with Crippen molar-refractivity contribution < 1.29 is 45.0 Å². The van der Waals surface area contributed by atoms with E-state index in [4.69, 9.17) is 0 Å². The summed E-state index contributed by atoms with van der Waals surface area (Å²) in [5.74, 6) is 0. The van der Waals surface area contributed by atoms with Gasteiger partial charge in [0.15, 0.2) is 0 Å². The number of alkyl halides is 3. The predicted molar refractivity (Wildman–Crippen MR) is 73.4 cm³/mol. The molecule has 0 bridgehead atoms. The summed E-state index contributed by atoms with van der Waals surface area (Å²) in [5.41, 5.74) is -0.777. The minimum absolute atomic E-state index is 0. The molecule has 0 aliphatic heterocycles. The molecule has 0 aliphatic rings. The van der Waals surface area contributed by atoms with Gasteiger partial charge in [-0.2, -0.15) is 13.2 Å². The number of halogens is 3. The molecule has 0 heterocycles. The van der Waals surface area contributed by atoms with Crippen LogP contribution in [0.15, 0.2) is 53.4 Å². The normalized spacial score (nSPS) is 12.4. The molecular formula is C13H9F3LiO3PS. The molecule has 22 heavy (non-hydrogen) atoms. The minimum Gasteiger partial charge on any atom is -0.744 e. The molecule has 1 unspecified atom stereocenters. The van der Waals surface area contributed by atoms with Gasteiger partial charge < -0.3 is 4.55 Å². The molecule has 9 heteroatoms. The molecule has 1 atom stereocenters. The quantitative estimate of drug-likeness (QED) is 0.419. The molecule has 0 saturated heterocycles. The monoisotopic (exact) mass is 340 g/mol. The van der Waals surface area contributed by atoms with E-state index < -0.39 is 21.9 Å². The van der Waals surface area contributed by atoms with E-state index in [0.29, 0.717) is 5.30 Å². The van der Waals surface area contributed by atoms with E-state index in [9.17, 15) is 26.1 Å². The van der Waals surface area contributed by atoms with Crippen molar-refractivity contribution in [3.05, 3.63) is 54.1 Å². The number of rotatable bonds is 3. The van der Waals surface area contributed by atoms with E-state index in [1.165, 1.54) is 30.3 Å². The van der Waals surface area contributed by atoms with Gasteiger partial charge in [0, 0.05) is 0 Å². The van der Waals surface area contributed by atoms with Crippen LogP contribution in [0.5, 0.6) is 0 Å². The van der Waals surface area contributed by atoms with Gasteiger partial charge in [0.1, 0.15) is 10.1 Å². The first-order chi connectivity index (χ1) is 9.68. The zero-order valence-electron chi connectivity index (χ0n) is 11.4. The topological polar surface area (TPSA) is 57.2 Å². The van der Waals surface area contributed by atoms with Crippen molar-refractivity contribution in [3.8, 4) is 0 Å². The Morgan fingerprint density at radius 3 is 2.00 bits per heavy atom. The van der Waals surface area contributed by atoms with Crippen molar-refractivity contribution in [2.45, 2.75) is 11.1 Å². The third-order valence-electron chi connectivity index (χ3n) is 2.65. The van der Waals surface area contributed by atoms with Crippen LogP contribution in [-0.4, -0.2) is 13.0 Å². The van der Waals surface area contributed by atoms with Crippen LogP contribution in [0, 0.1) is 0 Å². The Morgan fingerprint density at radius 2 is 1.50 bits per heavy atom. The molecule has 0 spiro atoms. The van der Waals surface area contributed by atoms with Crippen LogP contribution in [0.1, 0.15) is 5.56 Å². The third kappa shape index (κ3) is 4.84. The van der Waals surface area contributed by atoms with Crippen LogP contribution in [0.25, 0.3) is 0 Å². The zero-order chi connectivity index (χ0) is 15.7. The second-order valence-electron chi connectivity index (χ2n) is 4.15. The van der Waals surface area contributed by atoms with Gasteiger partial charge in [-0.25, -0.2) is 8.42 Å². The zero-order valence-corrected chi connectivity index (χ0v) is 13.2. The van der Waals surface area contributed by atoms with Gasteiger partial charge >= 0.3 is 25.0 Å². The summed E-state index contributed by atoms with van der Waals surface area (Å²) in [6.07, 6.45) is -4.42. The Hall–Kier alpha value is -0.833. The smallest absolute Gasteiger partial charge is 0.744 e. The van der Waals surface area contributed by atoms with E-state index in [0.717, 1.165) is 12.1 Å². The average Bonchev–Trinajstić information content (AvgIpc) is 2.37. The Morgan fingerprint density at radius 1 is 0.955 bits per heavy atom. The van der Waals surface area contributed by atoms with E-state index >= 15 is 0 Å². The maximum atomic E-state index is 12.4. The van der Waals surface area contributed by atoms with Crippen molar-refractivity contribution >= 4 is 29.3 Å². The standard InChI is InChI=1S/C13H10F3O3PS.Li/c14-13(15,16)9-5-7-10(8-6-9)20-11-3-1-2-4-12(11)21(17,18)19;/h1-8,20H,(H,17,18,19);/q;+1/p-1. The van der Waals surface area contributed by atoms with Crippen LogP contribution in [0.3, 0.4) is 0 Å². The SMILES string of the molecule is O=S(=O)([O-])c1ccccc1Pc1ccc(C(F)(F)F)cc1.[Li+]. The van der Waals surface area contributed by atoms with Gasteiger partial charge in [-0.15, -0.1) is 0 Å². The van der Waals surface area contributed by atoms with E-state index in [1.54, 1.807) is 6.07 Å². The van der Waals surface area contributed by atoms with Crippen molar-refractivity contribution in [2.24, 2.45) is 0 Å². The predicted octanol–water partition coefficient (Wildman–Crippen LogP) is -0.757. The molecular weight excluding hydrogens is 331 g/mol. The van der Waals surface area contributed by atoms with E-state index in [1.807, 2.05) is 0 Å². The van der Waals surface area contributed by atoms with Gasteiger partial charge in [-0.05, 0) is 28.8 Å². The number of hydrogen-bond donors (Lipinski definition) is 0. The van der Waals surface area contributed by atoms with Crippen molar-refractivity contribution in [1.82, 2.24) is 0 Å². The molecule has 0 aromatic heterocycles. The van der Waals surface area contributed by atoms with Crippen LogP contribution >= 0.6 is 8.58 Å². The van der Waals surface area contributed by atoms with Gasteiger partial charge in [-0.1, -0.05) is 38.9 Å². The van der Waals surface area contributed by atoms with E-state index in [-0.39, 0.29) is 37.6 Å². The molecule has 0 radical (unpaired) electrons. The molecule has 0 aliphatic carbocycles. The number of hydrogen-bond acceptors (Lipinski definition) is 3. The fraction of sp³-hybridized carbons (Fsp3) is 0.0769. The average molecular weight is 340 g/mol. The van der Waals surface area contributed by atoms with Crippen LogP contribution in [0.4, 0.5) is 13.2 Å². The first kappa shape index (κ1) is 19.2. The molecule has 2 rings (SSSR count). The summed E-state index contributed by atoms with van der Waals surface area (Å²) in [6, 6.07) is 10.1. The summed E-state index contributed by atoms with van der Waals surface area (Å²) in [4.78, 5) is -0.344. The first-order valence-electron chi connectivity index (χ1n) is 5.67. The Kier molecular flexibility index (Phi) is 6.25. The molecule has 0 amide bonds. The van der Waals surface area contributed by atoms with Gasteiger partial charge in [0.25, 0.3) is 0 Å². The second-order valence-corrected chi connectivity index (χ2v) is 6.86. The summed E-state index contributed by atoms with van der Waals surface area (Å²) in [6.45, 7) is 0. The van der Waals surface area contributed by atoms with Crippen LogP contribution < -0.4 is 29.5 Å². The summed E-state index contributed by atoms with van der Waals surface area (Å²) in [5, 5.41) is 0.798. The van der Waals surface area contributed by atoms with Crippen molar-refractivity contribution in [3.63, 3.8) is 0 Å². The van der Waals surface area contributed by atoms with Crippen molar-refractivity contribution in [2.75, 3.05) is 0 Å². The van der Waals surface area contributed by atoms with Crippen molar-refractivity contribution in [1.29, 1.82) is 0 Å². The molecule has 112 valence electrons. The molecule has 0 fully saturated rings. The number of benzene rings is 2. The van der Waals surface area contributed by atoms with Crippen LogP contribution in [-0.2, 0) is 16.3 Å². The Labute approximate surface area is 139 Å². The maximum absolute atomic E-state index is 12.4. The molecule has 0 saturated carbocycles. The molecule has 2 aromatic carbocycles. The largest absolute Gasteiger partial charge is 1.00 e. The van der Waals surface area contributed by atoms with Gasteiger partial charge in [0.2, 0.25) is 0 Å². The van der Waals surface area contributed by atoms with Gasteiger partial charge in [0.05, 0.1) is 10.5 Å². The molecule has 2 aromatic rings. The Bertz CT molecular complexity index is 746. The van der Waals surface area contributed by atoms with Gasteiger partial charge in [-0.3, -0.25) is 0 Å². The maximum Gasteiger partial charge on any atom is 1.00 e. The molecule has 0 N–H and O–H groups in total. The minimum atomic E-state index is -4.61. The second kappa shape index (κ2) is 7.16. The fourth-order valence-electron chi connectivity index (χ4n) is 1.69. The summed E-state index contributed by atoms with van der Waals surface area (Å²) < 4.78 is 70.7. The Balaban J connectivity index is 0.00000242. The summed E-state index contributed by atoms with van der Waals surface area (Å²) >= 11 is 0. The summed E-state index contributed by atoms with van der Waals surface area (Å²) in [7, 11) is -4.83. The third-order valence-corrected chi connectivity index (χ3v) is 5.05. The van der Waals surface area contributed by atoms with E-state index in [2.05, 4.69) is 0 Å².